The van der Waals surface area contributed by atoms with E-state index in [1.165, 1.54) is 4.88 Å². The van der Waals surface area contributed by atoms with Crippen LogP contribution in [0.15, 0.2) is 17.0 Å². The van der Waals surface area contributed by atoms with Gasteiger partial charge in [-0.3, -0.25) is 0 Å². The Labute approximate surface area is 112 Å². The van der Waals surface area contributed by atoms with Crippen molar-refractivity contribution in [3.05, 3.63) is 27.5 Å². The minimum Gasteiger partial charge on any atom is -0.368 e. The number of nitrogens with one attached hydrogen (secondary N) is 1. The molecule has 0 spiro atoms. The van der Waals surface area contributed by atoms with Gasteiger partial charge in [-0.15, -0.1) is 22.7 Å². The minimum absolute atomic E-state index is 0.300. The average Bonchev–Trinajstić information content (AvgIpc) is 2.94. The Hall–Kier alpha value is -1.73. The molecule has 3 aromatic rings. The largest absolute Gasteiger partial charge is 0.368 e. The van der Waals surface area contributed by atoms with E-state index in [0.717, 1.165) is 21.7 Å². The number of thiazole rings is 1. The van der Waals surface area contributed by atoms with Crippen LogP contribution in [0.5, 0.6) is 0 Å². The number of thiophene rings is 1. The van der Waals surface area contributed by atoms with Gasteiger partial charge < -0.3 is 11.1 Å². The number of hydrogen-bond donors (Lipinski definition) is 2. The first-order valence-electron chi connectivity index (χ1n) is 5.37. The Morgan fingerprint density at radius 1 is 1.33 bits per heavy atom. The molecule has 0 saturated carbocycles. The van der Waals surface area contributed by atoms with Crippen LogP contribution < -0.4 is 11.1 Å². The highest BCUT2D eigenvalue weighted by atomic mass is 32.1. The number of anilines is 2. The second-order valence-electron chi connectivity index (χ2n) is 3.78. The molecule has 0 amide bonds. The average molecular weight is 277 g/mol. The van der Waals surface area contributed by atoms with Gasteiger partial charge in [-0.25, -0.2) is 9.97 Å². The monoisotopic (exact) mass is 277 g/mol. The summed E-state index contributed by atoms with van der Waals surface area (Å²) in [7, 11) is 0. The molecule has 0 aliphatic carbocycles. The lowest BCUT2D eigenvalue weighted by Crippen LogP contribution is -2.04. The standard InChI is InChI=1S/C11H11N5S2/c1-6-8(18-5-14-6)4-13-9-7-2-3-17-10(7)16-11(12)15-9/h2-3,5H,4H2,1H3,(H3,12,13,15,16). The van der Waals surface area contributed by atoms with Crippen molar-refractivity contribution in [2.75, 3.05) is 11.1 Å². The molecule has 18 heavy (non-hydrogen) atoms. The van der Waals surface area contributed by atoms with E-state index in [2.05, 4.69) is 20.3 Å². The Morgan fingerprint density at radius 2 is 2.22 bits per heavy atom. The molecule has 0 radical (unpaired) electrons. The smallest absolute Gasteiger partial charge is 0.223 e. The van der Waals surface area contributed by atoms with E-state index in [1.54, 1.807) is 22.7 Å². The maximum Gasteiger partial charge on any atom is 0.223 e. The predicted octanol–water partition coefficient (Wildman–Crippen LogP) is 2.65. The van der Waals surface area contributed by atoms with Crippen molar-refractivity contribution in [2.45, 2.75) is 13.5 Å². The molecule has 3 heterocycles. The van der Waals surface area contributed by atoms with Crippen LogP contribution in [-0.4, -0.2) is 15.0 Å². The van der Waals surface area contributed by atoms with E-state index >= 15 is 0 Å². The third kappa shape index (κ3) is 2.02. The molecular formula is C11H11N5S2. The number of nitrogens with two attached hydrogens (primary N) is 1. The Bertz CT molecular complexity index is 688. The molecule has 3 N–H and O–H groups in total. The number of aryl methyl sites for hydroxylation is 1. The van der Waals surface area contributed by atoms with Gasteiger partial charge in [0, 0.05) is 4.88 Å². The summed E-state index contributed by atoms with van der Waals surface area (Å²) in [5.74, 6) is 1.08. The van der Waals surface area contributed by atoms with Gasteiger partial charge in [0.15, 0.2) is 0 Å². The summed E-state index contributed by atoms with van der Waals surface area (Å²) in [6, 6.07) is 2.00. The molecule has 0 fully saturated rings. The van der Waals surface area contributed by atoms with Crippen molar-refractivity contribution in [2.24, 2.45) is 0 Å². The van der Waals surface area contributed by atoms with Crippen molar-refractivity contribution in [3.63, 3.8) is 0 Å². The van der Waals surface area contributed by atoms with Gasteiger partial charge in [0.05, 0.1) is 23.1 Å². The van der Waals surface area contributed by atoms with Gasteiger partial charge in [0.1, 0.15) is 10.6 Å². The van der Waals surface area contributed by atoms with E-state index in [9.17, 15) is 0 Å². The van der Waals surface area contributed by atoms with Crippen LogP contribution in [0, 0.1) is 6.92 Å². The third-order valence-corrected chi connectivity index (χ3v) is 4.35. The molecule has 0 unspecified atom stereocenters. The second-order valence-corrected chi connectivity index (χ2v) is 5.62. The number of nitrogens with zero attached hydrogens (tertiary/aromatic N) is 3. The Balaban J connectivity index is 1.90. The lowest BCUT2D eigenvalue weighted by atomic mass is 10.3. The molecule has 0 aliphatic rings. The zero-order valence-electron chi connectivity index (χ0n) is 9.67. The summed E-state index contributed by atoms with van der Waals surface area (Å²) in [6.45, 7) is 2.71. The molecule has 92 valence electrons. The molecule has 3 rings (SSSR count). The zero-order chi connectivity index (χ0) is 12.5. The quantitative estimate of drug-likeness (QED) is 0.769. The first kappa shape index (κ1) is 11.4. The van der Waals surface area contributed by atoms with Crippen molar-refractivity contribution in [1.29, 1.82) is 0 Å². The number of nitrogen functional groups attached to an aromatic ring is 1. The second kappa shape index (κ2) is 4.51. The highest BCUT2D eigenvalue weighted by Gasteiger charge is 2.08. The third-order valence-electron chi connectivity index (χ3n) is 2.60. The fraction of sp³-hybridized carbons (Fsp3) is 0.182. The number of rotatable bonds is 3. The molecule has 0 aromatic carbocycles. The van der Waals surface area contributed by atoms with E-state index in [1.807, 2.05) is 23.9 Å². The molecule has 0 aliphatic heterocycles. The van der Waals surface area contributed by atoms with E-state index in [0.29, 0.717) is 12.5 Å². The number of fused-ring (bicyclic) bond motifs is 1. The van der Waals surface area contributed by atoms with Crippen LogP contribution in [0.25, 0.3) is 10.2 Å². The number of hydrogen-bond acceptors (Lipinski definition) is 7. The SMILES string of the molecule is Cc1ncsc1CNc1nc(N)nc2sccc12. The molecule has 0 bridgehead atoms. The lowest BCUT2D eigenvalue weighted by Gasteiger charge is -2.06. The molecule has 5 nitrogen and oxygen atoms in total. The van der Waals surface area contributed by atoms with E-state index in [4.69, 9.17) is 5.73 Å². The van der Waals surface area contributed by atoms with Crippen LogP contribution in [-0.2, 0) is 6.54 Å². The zero-order valence-corrected chi connectivity index (χ0v) is 11.3. The van der Waals surface area contributed by atoms with Crippen molar-refractivity contribution >= 4 is 44.7 Å². The van der Waals surface area contributed by atoms with Crippen LogP contribution in [0.4, 0.5) is 11.8 Å². The summed E-state index contributed by atoms with van der Waals surface area (Å²) in [4.78, 5) is 14.8. The van der Waals surface area contributed by atoms with Crippen molar-refractivity contribution < 1.29 is 0 Å². The maximum absolute atomic E-state index is 5.70. The summed E-state index contributed by atoms with van der Waals surface area (Å²) >= 11 is 3.20. The Kier molecular flexibility index (Phi) is 2.85. The summed E-state index contributed by atoms with van der Waals surface area (Å²) in [6.07, 6.45) is 0. The first-order valence-corrected chi connectivity index (χ1v) is 7.13. The molecule has 0 saturated heterocycles. The van der Waals surface area contributed by atoms with Gasteiger partial charge in [0.2, 0.25) is 5.95 Å². The topological polar surface area (TPSA) is 76.7 Å². The summed E-state index contributed by atoms with van der Waals surface area (Å²) in [5.41, 5.74) is 8.60. The van der Waals surface area contributed by atoms with Gasteiger partial charge in [-0.05, 0) is 18.4 Å². The first-order chi connectivity index (χ1) is 8.74. The van der Waals surface area contributed by atoms with Crippen LogP contribution in [0.3, 0.4) is 0 Å². The van der Waals surface area contributed by atoms with Gasteiger partial charge in [0.25, 0.3) is 0 Å². The predicted molar refractivity (Wildman–Crippen MR) is 76.0 cm³/mol. The molecule has 7 heteroatoms. The molecule has 0 atom stereocenters. The van der Waals surface area contributed by atoms with Gasteiger partial charge >= 0.3 is 0 Å². The van der Waals surface area contributed by atoms with E-state index < -0.39 is 0 Å². The number of aromatic nitrogens is 3. The highest BCUT2D eigenvalue weighted by Crippen LogP contribution is 2.26. The maximum atomic E-state index is 5.70. The fourth-order valence-electron chi connectivity index (χ4n) is 1.67. The van der Waals surface area contributed by atoms with Crippen LogP contribution in [0.2, 0.25) is 0 Å². The Morgan fingerprint density at radius 3 is 3.00 bits per heavy atom. The summed E-state index contributed by atoms with van der Waals surface area (Å²) < 4.78 is 0. The fourth-order valence-corrected chi connectivity index (χ4v) is 3.15. The van der Waals surface area contributed by atoms with Gasteiger partial charge in [-0.2, -0.15) is 4.98 Å². The minimum atomic E-state index is 0.300. The normalized spacial score (nSPS) is 10.9. The van der Waals surface area contributed by atoms with Crippen LogP contribution in [0.1, 0.15) is 10.6 Å². The molecular weight excluding hydrogens is 266 g/mol. The van der Waals surface area contributed by atoms with Crippen LogP contribution >= 0.6 is 22.7 Å². The van der Waals surface area contributed by atoms with Crippen molar-refractivity contribution in [1.82, 2.24) is 15.0 Å². The van der Waals surface area contributed by atoms with Gasteiger partial charge in [-0.1, -0.05) is 0 Å². The van der Waals surface area contributed by atoms with Crippen molar-refractivity contribution in [3.8, 4) is 0 Å². The van der Waals surface area contributed by atoms with E-state index in [-0.39, 0.29) is 0 Å². The lowest BCUT2D eigenvalue weighted by molar-refractivity contribution is 1.10. The molecule has 3 aromatic heterocycles. The highest BCUT2D eigenvalue weighted by molar-refractivity contribution is 7.16. The summed E-state index contributed by atoms with van der Waals surface area (Å²) in [5, 5.41) is 6.30.